The van der Waals surface area contributed by atoms with E-state index in [1.165, 1.54) is 6.42 Å². The van der Waals surface area contributed by atoms with Gasteiger partial charge in [-0.1, -0.05) is 6.07 Å². The Kier molecular flexibility index (Phi) is 4.09. The van der Waals surface area contributed by atoms with Gasteiger partial charge in [-0.05, 0) is 43.5 Å². The van der Waals surface area contributed by atoms with Crippen molar-refractivity contribution in [3.63, 3.8) is 0 Å². The molecule has 0 saturated carbocycles. The molecule has 2 unspecified atom stereocenters. The van der Waals surface area contributed by atoms with E-state index in [1.807, 2.05) is 12.1 Å². The molecule has 4 nitrogen and oxygen atoms in total. The highest BCUT2D eigenvalue weighted by Gasteiger charge is 2.25. The van der Waals surface area contributed by atoms with E-state index >= 15 is 0 Å². The molecule has 2 atom stereocenters. The highest BCUT2D eigenvalue weighted by atomic mass is 16.5. The fourth-order valence-corrected chi connectivity index (χ4v) is 2.53. The van der Waals surface area contributed by atoms with Crippen LogP contribution in [0.2, 0.25) is 0 Å². The van der Waals surface area contributed by atoms with E-state index in [0.717, 1.165) is 25.2 Å². The van der Waals surface area contributed by atoms with E-state index < -0.39 is 0 Å². The molecule has 0 bridgehead atoms. The fraction of sp³-hybridized carbons (Fsp3) is 0.571. The van der Waals surface area contributed by atoms with Crippen LogP contribution in [0.4, 0.5) is 0 Å². The largest absolute Gasteiger partial charge is 0.504 e. The zero-order valence-electron chi connectivity index (χ0n) is 11.1. The number of aromatic hydroxyl groups is 1. The molecular formula is C14H22N2O2. The van der Waals surface area contributed by atoms with Crippen LogP contribution in [0.5, 0.6) is 11.5 Å². The van der Waals surface area contributed by atoms with Crippen molar-refractivity contribution in [1.82, 2.24) is 4.90 Å². The maximum Gasteiger partial charge on any atom is 0.160 e. The monoisotopic (exact) mass is 250 g/mol. The number of hydrogen-bond donors (Lipinski definition) is 2. The smallest absolute Gasteiger partial charge is 0.160 e. The van der Waals surface area contributed by atoms with Gasteiger partial charge in [-0.15, -0.1) is 0 Å². The van der Waals surface area contributed by atoms with Crippen molar-refractivity contribution in [2.45, 2.75) is 25.9 Å². The van der Waals surface area contributed by atoms with E-state index in [1.54, 1.807) is 13.2 Å². The number of phenols is 1. The summed E-state index contributed by atoms with van der Waals surface area (Å²) in [6.45, 7) is 5.07. The lowest BCUT2D eigenvalue weighted by molar-refractivity contribution is 0.307. The number of ether oxygens (including phenoxy) is 1. The van der Waals surface area contributed by atoms with Crippen molar-refractivity contribution in [2.75, 3.05) is 20.2 Å². The molecule has 18 heavy (non-hydrogen) atoms. The molecule has 1 fully saturated rings. The third kappa shape index (κ3) is 2.94. The lowest BCUT2D eigenvalue weighted by atomic mass is 10.0. The summed E-state index contributed by atoms with van der Waals surface area (Å²) in [7, 11) is 1.56. The summed E-state index contributed by atoms with van der Waals surface area (Å²) in [4.78, 5) is 2.38. The average molecular weight is 250 g/mol. The maximum atomic E-state index is 9.74. The molecule has 1 aromatic carbocycles. The highest BCUT2D eigenvalue weighted by molar-refractivity contribution is 5.41. The van der Waals surface area contributed by atoms with Crippen LogP contribution in [0.25, 0.3) is 0 Å². The van der Waals surface area contributed by atoms with E-state index in [-0.39, 0.29) is 11.8 Å². The zero-order chi connectivity index (χ0) is 13.1. The summed E-state index contributed by atoms with van der Waals surface area (Å²) in [6, 6.07) is 5.85. The molecule has 1 saturated heterocycles. The summed E-state index contributed by atoms with van der Waals surface area (Å²) in [5, 5.41) is 9.74. The second-order valence-electron chi connectivity index (χ2n) is 5.15. The van der Waals surface area contributed by atoms with E-state index in [2.05, 4.69) is 11.8 Å². The zero-order valence-corrected chi connectivity index (χ0v) is 11.1. The first-order chi connectivity index (χ1) is 8.60. The minimum Gasteiger partial charge on any atom is -0.504 e. The molecule has 1 aliphatic rings. The number of hydrogen-bond acceptors (Lipinski definition) is 4. The predicted octanol–water partition coefficient (Wildman–Crippen LogP) is 1.57. The van der Waals surface area contributed by atoms with Gasteiger partial charge in [0.2, 0.25) is 0 Å². The molecular weight excluding hydrogens is 228 g/mol. The maximum absolute atomic E-state index is 9.74. The van der Waals surface area contributed by atoms with Gasteiger partial charge in [-0.25, -0.2) is 0 Å². The van der Waals surface area contributed by atoms with Crippen molar-refractivity contribution >= 4 is 0 Å². The lowest BCUT2D eigenvalue weighted by Gasteiger charge is -2.18. The van der Waals surface area contributed by atoms with E-state index in [4.69, 9.17) is 10.5 Å². The molecule has 1 heterocycles. The Morgan fingerprint density at radius 2 is 2.33 bits per heavy atom. The Labute approximate surface area is 108 Å². The van der Waals surface area contributed by atoms with Crippen LogP contribution in [0.15, 0.2) is 18.2 Å². The SMILES string of the molecule is COc1ccc(CN2CCC(C(C)N)C2)cc1O. The molecule has 1 aromatic rings. The molecule has 0 spiro atoms. The van der Waals surface area contributed by atoms with Gasteiger partial charge in [0.05, 0.1) is 7.11 Å². The van der Waals surface area contributed by atoms with Crippen LogP contribution in [0, 0.1) is 5.92 Å². The standard InChI is InChI=1S/C14H22N2O2/c1-10(15)12-5-6-16(9-12)8-11-3-4-14(18-2)13(17)7-11/h3-4,7,10,12,17H,5-6,8-9,15H2,1-2H3. The Bertz CT molecular complexity index is 407. The summed E-state index contributed by atoms with van der Waals surface area (Å²) in [5.74, 6) is 1.32. The first-order valence-corrected chi connectivity index (χ1v) is 6.44. The second kappa shape index (κ2) is 5.59. The van der Waals surface area contributed by atoms with Gasteiger partial charge >= 0.3 is 0 Å². The van der Waals surface area contributed by atoms with Gasteiger partial charge in [-0.3, -0.25) is 4.90 Å². The molecule has 100 valence electrons. The summed E-state index contributed by atoms with van der Waals surface area (Å²) < 4.78 is 5.04. The number of phenolic OH excluding ortho intramolecular Hbond substituents is 1. The van der Waals surface area contributed by atoms with Gasteiger partial charge in [0, 0.05) is 19.1 Å². The molecule has 3 N–H and O–H groups in total. The van der Waals surface area contributed by atoms with Gasteiger partial charge in [0.25, 0.3) is 0 Å². The fourth-order valence-electron chi connectivity index (χ4n) is 2.53. The van der Waals surface area contributed by atoms with E-state index in [0.29, 0.717) is 11.7 Å². The summed E-state index contributed by atoms with van der Waals surface area (Å²) in [5.41, 5.74) is 7.04. The molecule has 0 amide bonds. The van der Waals surface area contributed by atoms with Crippen molar-refractivity contribution in [1.29, 1.82) is 0 Å². The Morgan fingerprint density at radius 1 is 1.56 bits per heavy atom. The molecule has 0 radical (unpaired) electrons. The summed E-state index contributed by atoms with van der Waals surface area (Å²) in [6.07, 6.45) is 1.17. The van der Waals surface area contributed by atoms with Crippen LogP contribution in [0.1, 0.15) is 18.9 Å². The minimum atomic E-state index is 0.206. The normalized spacial score (nSPS) is 22.1. The first-order valence-electron chi connectivity index (χ1n) is 6.44. The van der Waals surface area contributed by atoms with Crippen molar-refractivity contribution < 1.29 is 9.84 Å². The van der Waals surface area contributed by atoms with Crippen molar-refractivity contribution in [2.24, 2.45) is 11.7 Å². The Morgan fingerprint density at radius 3 is 2.89 bits per heavy atom. The number of nitrogens with two attached hydrogens (primary N) is 1. The van der Waals surface area contributed by atoms with Crippen molar-refractivity contribution in [3.05, 3.63) is 23.8 Å². The predicted molar refractivity (Wildman–Crippen MR) is 71.7 cm³/mol. The van der Waals surface area contributed by atoms with E-state index in [9.17, 15) is 5.11 Å². The first kappa shape index (κ1) is 13.2. The second-order valence-corrected chi connectivity index (χ2v) is 5.15. The van der Waals surface area contributed by atoms with Gasteiger partial charge in [0.15, 0.2) is 11.5 Å². The third-order valence-corrected chi connectivity index (χ3v) is 3.70. The van der Waals surface area contributed by atoms with Crippen molar-refractivity contribution in [3.8, 4) is 11.5 Å². The quantitative estimate of drug-likeness (QED) is 0.851. The van der Waals surface area contributed by atoms with Crippen LogP contribution >= 0.6 is 0 Å². The minimum absolute atomic E-state index is 0.206. The third-order valence-electron chi connectivity index (χ3n) is 3.70. The molecule has 0 aromatic heterocycles. The van der Waals surface area contributed by atoms with Crippen LogP contribution < -0.4 is 10.5 Å². The number of rotatable bonds is 4. The summed E-state index contributed by atoms with van der Waals surface area (Å²) >= 11 is 0. The topological polar surface area (TPSA) is 58.7 Å². The number of likely N-dealkylation sites (tertiary alicyclic amines) is 1. The Balaban J connectivity index is 1.96. The molecule has 4 heteroatoms. The van der Waals surface area contributed by atoms with Gasteiger partial charge in [-0.2, -0.15) is 0 Å². The average Bonchev–Trinajstić information content (AvgIpc) is 2.78. The Hall–Kier alpha value is -1.26. The van der Waals surface area contributed by atoms with Gasteiger partial charge in [0.1, 0.15) is 0 Å². The van der Waals surface area contributed by atoms with Gasteiger partial charge < -0.3 is 15.6 Å². The molecule has 1 aliphatic heterocycles. The van der Waals surface area contributed by atoms with Crippen LogP contribution in [0.3, 0.4) is 0 Å². The number of nitrogens with zero attached hydrogens (tertiary/aromatic N) is 1. The highest BCUT2D eigenvalue weighted by Crippen LogP contribution is 2.28. The molecule has 2 rings (SSSR count). The molecule has 0 aliphatic carbocycles. The van der Waals surface area contributed by atoms with Crippen LogP contribution in [-0.2, 0) is 6.54 Å². The number of methoxy groups -OCH3 is 1. The van der Waals surface area contributed by atoms with Crippen LogP contribution in [-0.4, -0.2) is 36.2 Å². The lowest BCUT2D eigenvalue weighted by Crippen LogP contribution is -2.29. The number of benzene rings is 1.